The van der Waals surface area contributed by atoms with Crippen molar-refractivity contribution in [2.75, 3.05) is 5.73 Å². The van der Waals surface area contributed by atoms with E-state index in [9.17, 15) is 0 Å². The lowest BCUT2D eigenvalue weighted by Gasteiger charge is -2.04. The van der Waals surface area contributed by atoms with Crippen LogP contribution < -0.4 is 5.73 Å². The number of nitrogens with zero attached hydrogens (tertiary/aromatic N) is 3. The summed E-state index contributed by atoms with van der Waals surface area (Å²) in [6.45, 7) is 3.76. The number of fused-ring (bicyclic) bond motifs is 1. The predicted octanol–water partition coefficient (Wildman–Crippen LogP) is 2.73. The molecule has 88 valence electrons. The van der Waals surface area contributed by atoms with Gasteiger partial charge in [-0.3, -0.25) is 4.57 Å². The normalized spacial score (nSPS) is 11.8. The van der Waals surface area contributed by atoms with E-state index in [-0.39, 0.29) is 0 Å². The van der Waals surface area contributed by atoms with Crippen LogP contribution in [0.25, 0.3) is 16.7 Å². The summed E-state index contributed by atoms with van der Waals surface area (Å²) in [5.74, 6) is 0. The second kappa shape index (κ2) is 5.02. The average Bonchev–Trinajstić information content (AvgIpc) is 2.80. The standard InChI is InChI=1S/C14H12N4/c1-2-11(6-3-4-9-15)18-10-17-14-12(16)7-5-8-13(14)18/h2-8,10H,1,16H2. The molecule has 0 radical (unpaired) electrons. The number of hydrogen-bond acceptors (Lipinski definition) is 3. The van der Waals surface area contributed by atoms with Gasteiger partial charge in [0.25, 0.3) is 0 Å². The maximum absolute atomic E-state index is 8.46. The third kappa shape index (κ3) is 2.02. The molecule has 0 bridgehead atoms. The summed E-state index contributed by atoms with van der Waals surface area (Å²) in [7, 11) is 0. The van der Waals surface area contributed by atoms with Crippen LogP contribution >= 0.6 is 0 Å². The van der Waals surface area contributed by atoms with Crippen LogP contribution in [-0.2, 0) is 0 Å². The fraction of sp³-hybridized carbons (Fsp3) is 0. The molecule has 0 aliphatic carbocycles. The van der Waals surface area contributed by atoms with Crippen molar-refractivity contribution in [1.82, 2.24) is 9.55 Å². The molecule has 0 atom stereocenters. The van der Waals surface area contributed by atoms with Gasteiger partial charge in [-0.05, 0) is 30.4 Å². The van der Waals surface area contributed by atoms with Crippen molar-refractivity contribution >= 4 is 22.4 Å². The summed E-state index contributed by atoms with van der Waals surface area (Å²) in [4.78, 5) is 4.28. The van der Waals surface area contributed by atoms with Gasteiger partial charge in [0, 0.05) is 11.8 Å². The lowest BCUT2D eigenvalue weighted by molar-refractivity contribution is 1.14. The number of allylic oxidation sites excluding steroid dienone is 5. The third-order valence-corrected chi connectivity index (χ3v) is 2.53. The number of hydrogen-bond donors (Lipinski definition) is 1. The van der Waals surface area contributed by atoms with E-state index in [1.807, 2.05) is 28.8 Å². The Morgan fingerprint density at radius 1 is 1.50 bits per heavy atom. The third-order valence-electron chi connectivity index (χ3n) is 2.53. The van der Waals surface area contributed by atoms with Crippen molar-refractivity contribution in [3.63, 3.8) is 0 Å². The Morgan fingerprint density at radius 3 is 3.06 bits per heavy atom. The Balaban J connectivity index is 2.57. The van der Waals surface area contributed by atoms with Crippen LogP contribution in [-0.4, -0.2) is 9.55 Å². The molecule has 0 aliphatic heterocycles. The van der Waals surface area contributed by atoms with Gasteiger partial charge >= 0.3 is 0 Å². The van der Waals surface area contributed by atoms with Crippen molar-refractivity contribution < 1.29 is 0 Å². The highest BCUT2D eigenvalue weighted by molar-refractivity contribution is 5.89. The van der Waals surface area contributed by atoms with E-state index < -0.39 is 0 Å². The van der Waals surface area contributed by atoms with Crippen LogP contribution in [0.4, 0.5) is 5.69 Å². The zero-order valence-corrected chi connectivity index (χ0v) is 9.74. The van der Waals surface area contributed by atoms with Crippen molar-refractivity contribution in [3.05, 3.63) is 55.4 Å². The number of nitrogen functional groups attached to an aromatic ring is 1. The second-order valence-corrected chi connectivity index (χ2v) is 3.61. The molecular weight excluding hydrogens is 224 g/mol. The molecule has 2 N–H and O–H groups in total. The highest BCUT2D eigenvalue weighted by atomic mass is 15.1. The van der Waals surface area contributed by atoms with Gasteiger partial charge < -0.3 is 5.73 Å². The van der Waals surface area contributed by atoms with Crippen LogP contribution in [0, 0.1) is 11.3 Å². The quantitative estimate of drug-likeness (QED) is 0.506. The Kier molecular flexibility index (Phi) is 3.26. The highest BCUT2D eigenvalue weighted by Gasteiger charge is 2.06. The van der Waals surface area contributed by atoms with Crippen molar-refractivity contribution in [3.8, 4) is 6.07 Å². The minimum atomic E-state index is 0.641. The second-order valence-electron chi connectivity index (χ2n) is 3.61. The molecule has 0 aliphatic rings. The summed E-state index contributed by atoms with van der Waals surface area (Å²) < 4.78 is 1.88. The first-order chi connectivity index (χ1) is 8.77. The Labute approximate surface area is 105 Å². The summed E-state index contributed by atoms with van der Waals surface area (Å²) in [5, 5.41) is 8.46. The van der Waals surface area contributed by atoms with Crippen LogP contribution in [0.5, 0.6) is 0 Å². The maximum Gasteiger partial charge on any atom is 0.112 e. The number of nitrogens with two attached hydrogens (primary N) is 1. The first-order valence-corrected chi connectivity index (χ1v) is 5.38. The Hall–Kier alpha value is -2.80. The molecule has 2 rings (SSSR count). The molecule has 0 amide bonds. The lowest BCUT2D eigenvalue weighted by Crippen LogP contribution is -1.92. The van der Waals surface area contributed by atoms with E-state index in [1.165, 1.54) is 6.08 Å². The molecule has 4 heteroatoms. The summed E-state index contributed by atoms with van der Waals surface area (Å²) in [6.07, 6.45) is 8.24. The van der Waals surface area contributed by atoms with Gasteiger partial charge in [0.05, 0.1) is 17.3 Å². The topological polar surface area (TPSA) is 67.6 Å². The fourth-order valence-electron chi connectivity index (χ4n) is 1.70. The summed E-state index contributed by atoms with van der Waals surface area (Å²) >= 11 is 0. The smallest absolute Gasteiger partial charge is 0.112 e. The molecule has 1 heterocycles. The molecule has 18 heavy (non-hydrogen) atoms. The molecule has 0 unspecified atom stereocenters. The average molecular weight is 236 g/mol. The predicted molar refractivity (Wildman–Crippen MR) is 73.4 cm³/mol. The number of benzene rings is 1. The number of imidazole rings is 1. The number of nitriles is 1. The number of rotatable bonds is 3. The van der Waals surface area contributed by atoms with Gasteiger partial charge in [-0.15, -0.1) is 0 Å². The van der Waals surface area contributed by atoms with Gasteiger partial charge in [-0.2, -0.15) is 5.26 Å². The molecule has 0 saturated carbocycles. The molecule has 1 aromatic heterocycles. The first-order valence-electron chi connectivity index (χ1n) is 5.38. The zero-order valence-electron chi connectivity index (χ0n) is 9.74. The van der Waals surface area contributed by atoms with Crippen LogP contribution in [0.15, 0.2) is 55.4 Å². The number of aromatic nitrogens is 2. The number of anilines is 1. The van der Waals surface area contributed by atoms with Crippen LogP contribution in [0.2, 0.25) is 0 Å². The number of para-hydroxylation sites is 1. The molecule has 0 fully saturated rings. The molecule has 0 saturated heterocycles. The van der Waals surface area contributed by atoms with Crippen LogP contribution in [0.1, 0.15) is 0 Å². The largest absolute Gasteiger partial charge is 0.397 e. The Morgan fingerprint density at radius 2 is 2.33 bits per heavy atom. The van der Waals surface area contributed by atoms with Gasteiger partial charge in [-0.1, -0.05) is 12.6 Å². The first kappa shape index (κ1) is 11.7. The van der Waals surface area contributed by atoms with Gasteiger partial charge in [0.1, 0.15) is 11.8 Å². The summed E-state index contributed by atoms with van der Waals surface area (Å²) in [6, 6.07) is 7.56. The molecular formula is C14H12N4. The van der Waals surface area contributed by atoms with E-state index >= 15 is 0 Å². The molecule has 4 nitrogen and oxygen atoms in total. The lowest BCUT2D eigenvalue weighted by atomic mass is 10.2. The van der Waals surface area contributed by atoms with E-state index in [1.54, 1.807) is 24.6 Å². The molecule has 0 spiro atoms. The summed E-state index contributed by atoms with van der Waals surface area (Å²) in [5.41, 5.74) is 8.99. The SMILES string of the molecule is C=CC(=CC=CC#N)n1cnc2c(N)cccc21. The minimum Gasteiger partial charge on any atom is -0.397 e. The van der Waals surface area contributed by atoms with Gasteiger partial charge in [-0.25, -0.2) is 4.98 Å². The molecule has 1 aromatic carbocycles. The molecule has 2 aromatic rings. The van der Waals surface area contributed by atoms with E-state index in [0.717, 1.165) is 16.7 Å². The maximum atomic E-state index is 8.46. The van der Waals surface area contributed by atoms with Crippen molar-refractivity contribution in [2.45, 2.75) is 0 Å². The fourth-order valence-corrected chi connectivity index (χ4v) is 1.70. The van der Waals surface area contributed by atoms with Crippen molar-refractivity contribution in [1.29, 1.82) is 5.26 Å². The van der Waals surface area contributed by atoms with Gasteiger partial charge in [0.15, 0.2) is 0 Å². The monoisotopic (exact) mass is 236 g/mol. The van der Waals surface area contributed by atoms with E-state index in [4.69, 9.17) is 11.0 Å². The highest BCUT2D eigenvalue weighted by Crippen LogP contribution is 2.22. The van der Waals surface area contributed by atoms with E-state index in [2.05, 4.69) is 11.6 Å². The Bertz CT molecular complexity index is 683. The van der Waals surface area contributed by atoms with Crippen LogP contribution in [0.3, 0.4) is 0 Å². The van der Waals surface area contributed by atoms with Gasteiger partial charge in [0.2, 0.25) is 0 Å². The van der Waals surface area contributed by atoms with Crippen molar-refractivity contribution in [2.24, 2.45) is 0 Å². The zero-order chi connectivity index (χ0) is 13.0. The minimum absolute atomic E-state index is 0.641. The van der Waals surface area contributed by atoms with E-state index in [0.29, 0.717) is 5.69 Å².